The molecule has 2 aromatic carbocycles. The summed E-state index contributed by atoms with van der Waals surface area (Å²) >= 11 is 5.74. The van der Waals surface area contributed by atoms with Crippen molar-refractivity contribution in [3.63, 3.8) is 0 Å². The van der Waals surface area contributed by atoms with Gasteiger partial charge in [0.15, 0.2) is 0 Å². The van der Waals surface area contributed by atoms with Gasteiger partial charge in [0.25, 0.3) is 5.69 Å². The third kappa shape index (κ3) is 5.73. The topological polar surface area (TPSA) is 63.5 Å². The van der Waals surface area contributed by atoms with Gasteiger partial charge < -0.3 is 4.90 Å². The molecule has 0 saturated heterocycles. The highest BCUT2D eigenvalue weighted by atomic mass is 35.5. The van der Waals surface area contributed by atoms with Gasteiger partial charge in [0.1, 0.15) is 6.54 Å². The molecular weight excluding hydrogens is 373 g/mol. The maximum absolute atomic E-state index is 12.9. The second kappa shape index (κ2) is 8.18. The number of hydrogen-bond donors (Lipinski definition) is 0. The van der Waals surface area contributed by atoms with Crippen molar-refractivity contribution >= 4 is 23.2 Å². The van der Waals surface area contributed by atoms with Gasteiger partial charge in [0, 0.05) is 16.7 Å². The van der Waals surface area contributed by atoms with E-state index < -0.39 is 30.1 Å². The summed E-state index contributed by atoms with van der Waals surface area (Å²) in [5.41, 5.74) is 0.194. The van der Waals surface area contributed by atoms with Gasteiger partial charge in [-0.05, 0) is 17.7 Å². The second-order valence-electron chi connectivity index (χ2n) is 5.55. The van der Waals surface area contributed by atoms with E-state index >= 15 is 0 Å². The van der Waals surface area contributed by atoms with E-state index in [0.29, 0.717) is 15.5 Å². The molecule has 26 heavy (non-hydrogen) atoms. The van der Waals surface area contributed by atoms with Crippen molar-refractivity contribution in [2.75, 3.05) is 6.54 Å². The first kappa shape index (κ1) is 19.7. The number of rotatable bonds is 6. The van der Waals surface area contributed by atoms with Gasteiger partial charge in [-0.15, -0.1) is 0 Å². The van der Waals surface area contributed by atoms with E-state index in [9.17, 15) is 28.1 Å². The standard InChI is InChI=1S/C17H14ClF3N2O3/c18-14-7-5-12(6-8-14)9-16(24)22(11-17(19,20)21)10-13-3-1-2-4-15(13)23(25)26/h1-8H,9-11H2. The van der Waals surface area contributed by atoms with E-state index in [1.165, 1.54) is 48.5 Å². The predicted octanol–water partition coefficient (Wildman–Crippen LogP) is 4.38. The molecular formula is C17H14ClF3N2O3. The van der Waals surface area contributed by atoms with Crippen molar-refractivity contribution in [1.82, 2.24) is 4.90 Å². The molecule has 1 amide bonds. The van der Waals surface area contributed by atoms with Crippen LogP contribution in [0.3, 0.4) is 0 Å². The van der Waals surface area contributed by atoms with Crippen LogP contribution in [0.25, 0.3) is 0 Å². The Morgan fingerprint density at radius 2 is 1.73 bits per heavy atom. The zero-order valence-corrected chi connectivity index (χ0v) is 14.1. The molecule has 0 spiro atoms. The number of nitro benzene ring substituents is 1. The molecule has 138 valence electrons. The fraction of sp³-hybridized carbons (Fsp3) is 0.235. The minimum atomic E-state index is -4.63. The quantitative estimate of drug-likeness (QED) is 0.546. The molecule has 0 atom stereocenters. The van der Waals surface area contributed by atoms with Crippen LogP contribution in [0.1, 0.15) is 11.1 Å². The molecule has 2 aromatic rings. The number of carbonyl (C=O) groups excluding carboxylic acids is 1. The van der Waals surface area contributed by atoms with Crippen LogP contribution in [0, 0.1) is 10.1 Å². The molecule has 9 heteroatoms. The Bertz CT molecular complexity index is 795. The highest BCUT2D eigenvalue weighted by Gasteiger charge is 2.33. The molecule has 0 heterocycles. The van der Waals surface area contributed by atoms with Crippen molar-refractivity contribution in [2.45, 2.75) is 19.1 Å². The van der Waals surface area contributed by atoms with E-state index in [-0.39, 0.29) is 17.7 Å². The first-order valence-electron chi connectivity index (χ1n) is 7.47. The zero-order chi connectivity index (χ0) is 19.3. The third-order valence-electron chi connectivity index (χ3n) is 3.54. The van der Waals surface area contributed by atoms with Crippen LogP contribution in [0.2, 0.25) is 5.02 Å². The van der Waals surface area contributed by atoms with Crippen LogP contribution in [-0.4, -0.2) is 28.5 Å². The number of carbonyl (C=O) groups is 1. The molecule has 0 aromatic heterocycles. The van der Waals surface area contributed by atoms with Crippen LogP contribution in [0.15, 0.2) is 48.5 Å². The van der Waals surface area contributed by atoms with Crippen molar-refractivity contribution in [1.29, 1.82) is 0 Å². The molecule has 0 saturated carbocycles. The van der Waals surface area contributed by atoms with Gasteiger partial charge in [-0.2, -0.15) is 13.2 Å². The van der Waals surface area contributed by atoms with Gasteiger partial charge in [-0.1, -0.05) is 41.9 Å². The molecule has 0 fully saturated rings. The number of halogens is 4. The summed E-state index contributed by atoms with van der Waals surface area (Å²) in [4.78, 5) is 23.3. The minimum Gasteiger partial charge on any atom is -0.329 e. The maximum Gasteiger partial charge on any atom is 0.406 e. The van der Waals surface area contributed by atoms with Crippen molar-refractivity contribution in [3.05, 3.63) is 74.8 Å². The number of benzene rings is 2. The Hall–Kier alpha value is -2.61. The number of alkyl halides is 3. The number of nitrogens with zero attached hydrogens (tertiary/aromatic N) is 2. The van der Waals surface area contributed by atoms with Gasteiger partial charge in [0.2, 0.25) is 5.91 Å². The van der Waals surface area contributed by atoms with Crippen LogP contribution in [-0.2, 0) is 17.8 Å². The Balaban J connectivity index is 2.24. The third-order valence-corrected chi connectivity index (χ3v) is 3.79. The van der Waals surface area contributed by atoms with Crippen LogP contribution >= 0.6 is 11.6 Å². The Morgan fingerprint density at radius 1 is 1.12 bits per heavy atom. The summed E-state index contributed by atoms with van der Waals surface area (Å²) in [7, 11) is 0. The lowest BCUT2D eigenvalue weighted by atomic mass is 10.1. The highest BCUT2D eigenvalue weighted by Crippen LogP contribution is 2.23. The lowest BCUT2D eigenvalue weighted by Crippen LogP contribution is -2.39. The van der Waals surface area contributed by atoms with Gasteiger partial charge in [0.05, 0.1) is 17.9 Å². The monoisotopic (exact) mass is 386 g/mol. The predicted molar refractivity (Wildman–Crippen MR) is 89.7 cm³/mol. The molecule has 0 aliphatic carbocycles. The molecule has 0 bridgehead atoms. The Kier molecular flexibility index (Phi) is 6.20. The number of nitro groups is 1. The molecule has 0 N–H and O–H groups in total. The van der Waals surface area contributed by atoms with Crippen molar-refractivity contribution in [2.24, 2.45) is 0 Å². The van der Waals surface area contributed by atoms with E-state index in [1.54, 1.807) is 0 Å². The normalized spacial score (nSPS) is 11.2. The van der Waals surface area contributed by atoms with Crippen molar-refractivity contribution < 1.29 is 22.9 Å². The van der Waals surface area contributed by atoms with Crippen molar-refractivity contribution in [3.8, 4) is 0 Å². The number of amides is 1. The Labute approximate surface area is 152 Å². The molecule has 2 rings (SSSR count). The highest BCUT2D eigenvalue weighted by molar-refractivity contribution is 6.30. The summed E-state index contributed by atoms with van der Waals surface area (Å²) < 4.78 is 38.6. The van der Waals surface area contributed by atoms with E-state index in [1.807, 2.05) is 0 Å². The van der Waals surface area contributed by atoms with Gasteiger partial charge in [-0.25, -0.2) is 0 Å². The fourth-order valence-corrected chi connectivity index (χ4v) is 2.49. The van der Waals surface area contributed by atoms with Crippen LogP contribution in [0.5, 0.6) is 0 Å². The fourth-order valence-electron chi connectivity index (χ4n) is 2.37. The van der Waals surface area contributed by atoms with E-state index in [2.05, 4.69) is 0 Å². The average Bonchev–Trinajstić information content (AvgIpc) is 2.55. The summed E-state index contributed by atoms with van der Waals surface area (Å²) in [5.74, 6) is -0.789. The minimum absolute atomic E-state index is 0.0335. The zero-order valence-electron chi connectivity index (χ0n) is 13.4. The SMILES string of the molecule is O=C(Cc1ccc(Cl)cc1)N(Cc1ccccc1[N+](=O)[O-])CC(F)(F)F. The number of hydrogen-bond acceptors (Lipinski definition) is 3. The summed E-state index contributed by atoms with van der Waals surface area (Å²) in [6.45, 7) is -2.01. The summed E-state index contributed by atoms with van der Waals surface area (Å²) in [6.07, 6.45) is -4.90. The molecule has 5 nitrogen and oxygen atoms in total. The van der Waals surface area contributed by atoms with Gasteiger partial charge in [-0.3, -0.25) is 14.9 Å². The Morgan fingerprint density at radius 3 is 2.31 bits per heavy atom. The molecule has 0 unspecified atom stereocenters. The van der Waals surface area contributed by atoms with Crippen LogP contribution < -0.4 is 0 Å². The maximum atomic E-state index is 12.9. The molecule has 0 aliphatic rings. The smallest absolute Gasteiger partial charge is 0.329 e. The molecule has 0 radical (unpaired) electrons. The average molecular weight is 387 g/mol. The lowest BCUT2D eigenvalue weighted by molar-refractivity contribution is -0.385. The van der Waals surface area contributed by atoms with E-state index in [0.717, 1.165) is 0 Å². The first-order chi connectivity index (χ1) is 12.2. The van der Waals surface area contributed by atoms with Crippen LogP contribution in [0.4, 0.5) is 18.9 Å². The van der Waals surface area contributed by atoms with Gasteiger partial charge >= 0.3 is 6.18 Å². The van der Waals surface area contributed by atoms with E-state index in [4.69, 9.17) is 11.6 Å². The summed E-state index contributed by atoms with van der Waals surface area (Å²) in [6, 6.07) is 11.5. The largest absolute Gasteiger partial charge is 0.406 e. The lowest BCUT2D eigenvalue weighted by Gasteiger charge is -2.24. The number of para-hydroxylation sites is 1. The second-order valence-corrected chi connectivity index (χ2v) is 5.99. The summed E-state index contributed by atoms with van der Waals surface area (Å²) in [5, 5.41) is 11.5. The first-order valence-corrected chi connectivity index (χ1v) is 7.85. The molecule has 0 aliphatic heterocycles.